The summed E-state index contributed by atoms with van der Waals surface area (Å²) in [5.74, 6) is 0.681. The maximum atomic E-state index is 12.6. The van der Waals surface area contributed by atoms with Gasteiger partial charge in [-0.1, -0.05) is 23.7 Å². The smallest absolute Gasteiger partial charge is 0.261 e. The number of benzene rings is 1. The van der Waals surface area contributed by atoms with Gasteiger partial charge in [-0.15, -0.1) is 11.3 Å². The van der Waals surface area contributed by atoms with Crippen molar-refractivity contribution in [1.29, 1.82) is 0 Å². The van der Waals surface area contributed by atoms with Crippen molar-refractivity contribution in [1.82, 2.24) is 10.2 Å². The number of fused-ring (bicyclic) bond motifs is 3. The van der Waals surface area contributed by atoms with Crippen LogP contribution in [0.4, 0.5) is 0 Å². The fourth-order valence-electron chi connectivity index (χ4n) is 3.96. The zero-order valence-electron chi connectivity index (χ0n) is 13.7. The molecule has 3 aliphatic rings. The van der Waals surface area contributed by atoms with E-state index in [1.165, 1.54) is 30.7 Å². The Balaban J connectivity index is 1.46. The van der Waals surface area contributed by atoms with Gasteiger partial charge in [0.05, 0.1) is 4.88 Å². The second-order valence-electron chi connectivity index (χ2n) is 6.88. The maximum Gasteiger partial charge on any atom is 0.261 e. The fraction of sp³-hybridized carbons (Fsp3) is 0.421. The van der Waals surface area contributed by atoms with Crippen LogP contribution in [0.2, 0.25) is 5.02 Å². The van der Waals surface area contributed by atoms with Crippen molar-refractivity contribution >= 4 is 28.8 Å². The molecule has 1 N–H and O–H groups in total. The molecule has 2 bridgehead atoms. The van der Waals surface area contributed by atoms with Crippen LogP contribution in [0.1, 0.15) is 29.4 Å². The van der Waals surface area contributed by atoms with E-state index in [2.05, 4.69) is 17.1 Å². The topological polar surface area (TPSA) is 32.3 Å². The highest BCUT2D eigenvalue weighted by Gasteiger charge is 2.38. The molecule has 1 amide bonds. The van der Waals surface area contributed by atoms with Crippen molar-refractivity contribution in [3.05, 3.63) is 46.3 Å². The molecule has 24 heavy (non-hydrogen) atoms. The van der Waals surface area contributed by atoms with E-state index in [9.17, 15) is 4.79 Å². The molecule has 3 aliphatic heterocycles. The second kappa shape index (κ2) is 6.51. The molecule has 5 heteroatoms. The van der Waals surface area contributed by atoms with Crippen molar-refractivity contribution in [2.24, 2.45) is 5.92 Å². The molecule has 3 saturated heterocycles. The highest BCUT2D eigenvalue weighted by atomic mass is 35.5. The lowest BCUT2D eigenvalue weighted by molar-refractivity contribution is 0.0275. The van der Waals surface area contributed by atoms with Gasteiger partial charge in [0, 0.05) is 28.5 Å². The van der Waals surface area contributed by atoms with Crippen LogP contribution in [-0.2, 0) is 0 Å². The monoisotopic (exact) mass is 360 g/mol. The van der Waals surface area contributed by atoms with Gasteiger partial charge in [0.15, 0.2) is 0 Å². The van der Waals surface area contributed by atoms with Crippen LogP contribution in [0.3, 0.4) is 0 Å². The number of nitrogens with zero attached hydrogens (tertiary/aromatic N) is 1. The van der Waals surface area contributed by atoms with Gasteiger partial charge in [-0.25, -0.2) is 0 Å². The van der Waals surface area contributed by atoms with Crippen molar-refractivity contribution in [2.45, 2.75) is 31.8 Å². The Morgan fingerprint density at radius 1 is 1.33 bits per heavy atom. The van der Waals surface area contributed by atoms with Crippen molar-refractivity contribution < 1.29 is 4.79 Å². The summed E-state index contributed by atoms with van der Waals surface area (Å²) in [6.07, 6.45) is 2.40. The van der Waals surface area contributed by atoms with Crippen LogP contribution < -0.4 is 5.32 Å². The minimum Gasteiger partial charge on any atom is -0.347 e. The summed E-state index contributed by atoms with van der Waals surface area (Å²) < 4.78 is 0. The summed E-state index contributed by atoms with van der Waals surface area (Å²) in [6.45, 7) is 4.46. The van der Waals surface area contributed by atoms with E-state index in [-0.39, 0.29) is 5.91 Å². The molecule has 0 aliphatic carbocycles. The van der Waals surface area contributed by atoms with Gasteiger partial charge in [0.25, 0.3) is 5.91 Å². The number of nitrogens with one attached hydrogen (secondary N) is 1. The molecule has 3 fully saturated rings. The highest BCUT2D eigenvalue weighted by Crippen LogP contribution is 2.33. The van der Waals surface area contributed by atoms with Gasteiger partial charge in [0.1, 0.15) is 0 Å². The van der Waals surface area contributed by atoms with Crippen molar-refractivity contribution in [3.63, 3.8) is 0 Å². The van der Waals surface area contributed by atoms with Crippen LogP contribution >= 0.6 is 22.9 Å². The third-order valence-corrected chi connectivity index (χ3v) is 6.68. The molecule has 3 unspecified atom stereocenters. The number of hydrogen-bond acceptors (Lipinski definition) is 3. The minimum absolute atomic E-state index is 0.0553. The Labute approximate surface area is 151 Å². The Morgan fingerprint density at radius 3 is 2.92 bits per heavy atom. The van der Waals surface area contributed by atoms with Crippen LogP contribution in [0.15, 0.2) is 36.4 Å². The van der Waals surface area contributed by atoms with Crippen LogP contribution in [0.5, 0.6) is 0 Å². The van der Waals surface area contributed by atoms with E-state index in [1.54, 1.807) is 0 Å². The molecule has 0 saturated carbocycles. The number of piperidine rings is 3. The Morgan fingerprint density at radius 2 is 2.21 bits per heavy atom. The minimum atomic E-state index is 0.0553. The standard InChI is InChI=1S/C19H21ClN2OS/c1-12-9-13-7-8-22(12)11-16(13)21-19(23)18-6-5-17(24-18)14-3-2-4-15(20)10-14/h2-6,10,12-13,16H,7-9,11H2,1H3,(H,21,23)/t12?,13?,16-/m0/s1. The van der Waals surface area contributed by atoms with Gasteiger partial charge in [-0.2, -0.15) is 0 Å². The molecule has 1 aromatic heterocycles. The molecule has 0 spiro atoms. The van der Waals surface area contributed by atoms with Crippen LogP contribution in [0, 0.1) is 5.92 Å². The summed E-state index contributed by atoms with van der Waals surface area (Å²) in [5, 5.41) is 3.98. The zero-order chi connectivity index (χ0) is 16.7. The molecule has 3 nitrogen and oxygen atoms in total. The summed E-state index contributed by atoms with van der Waals surface area (Å²) in [7, 11) is 0. The molecule has 4 atom stereocenters. The third kappa shape index (κ3) is 3.10. The van der Waals surface area contributed by atoms with Gasteiger partial charge < -0.3 is 5.32 Å². The van der Waals surface area contributed by atoms with E-state index >= 15 is 0 Å². The number of hydrogen-bond donors (Lipinski definition) is 1. The summed E-state index contributed by atoms with van der Waals surface area (Å²) in [5.41, 5.74) is 1.06. The molecule has 2 aromatic rings. The average Bonchev–Trinajstić information content (AvgIpc) is 3.06. The number of thiophene rings is 1. The average molecular weight is 361 g/mol. The first-order chi connectivity index (χ1) is 11.6. The summed E-state index contributed by atoms with van der Waals surface area (Å²) in [6, 6.07) is 12.6. The zero-order valence-corrected chi connectivity index (χ0v) is 15.2. The van der Waals surface area contributed by atoms with Crippen LogP contribution in [0.25, 0.3) is 10.4 Å². The maximum absolute atomic E-state index is 12.6. The van der Waals surface area contributed by atoms with Crippen molar-refractivity contribution in [2.75, 3.05) is 13.1 Å². The first-order valence-electron chi connectivity index (χ1n) is 8.51. The fourth-order valence-corrected chi connectivity index (χ4v) is 5.05. The number of carbonyl (C=O) groups is 1. The molecule has 5 rings (SSSR count). The van der Waals surface area contributed by atoms with E-state index < -0.39 is 0 Å². The third-order valence-electron chi connectivity index (χ3n) is 5.31. The summed E-state index contributed by atoms with van der Waals surface area (Å²) >= 11 is 7.59. The van der Waals surface area contributed by atoms with E-state index in [4.69, 9.17) is 11.6 Å². The van der Waals surface area contributed by atoms with Gasteiger partial charge >= 0.3 is 0 Å². The Hall–Kier alpha value is -1.36. The van der Waals surface area contributed by atoms with Gasteiger partial charge in [-0.3, -0.25) is 9.69 Å². The predicted octanol–water partition coefficient (Wildman–Crippen LogP) is 4.28. The van der Waals surface area contributed by atoms with Crippen LogP contribution in [-0.4, -0.2) is 36.0 Å². The lowest BCUT2D eigenvalue weighted by atomic mass is 9.80. The van der Waals surface area contributed by atoms with Gasteiger partial charge in [0.2, 0.25) is 0 Å². The predicted molar refractivity (Wildman–Crippen MR) is 99.8 cm³/mol. The summed E-state index contributed by atoms with van der Waals surface area (Å²) in [4.78, 5) is 17.0. The number of rotatable bonds is 3. The van der Waals surface area contributed by atoms with Gasteiger partial charge in [-0.05, 0) is 62.1 Å². The normalized spacial score (nSPS) is 28.8. The molecule has 0 radical (unpaired) electrons. The second-order valence-corrected chi connectivity index (χ2v) is 8.40. The molecule has 1 aromatic carbocycles. The molecular formula is C19H21ClN2OS. The molecule has 4 heterocycles. The van der Waals surface area contributed by atoms with Crippen molar-refractivity contribution in [3.8, 4) is 10.4 Å². The lowest BCUT2D eigenvalue weighted by Gasteiger charge is -2.48. The molecular weight excluding hydrogens is 340 g/mol. The van der Waals surface area contributed by atoms with E-state index in [0.29, 0.717) is 23.0 Å². The molecule has 126 valence electrons. The number of halogens is 1. The largest absolute Gasteiger partial charge is 0.347 e. The highest BCUT2D eigenvalue weighted by molar-refractivity contribution is 7.17. The van der Waals surface area contributed by atoms with E-state index in [0.717, 1.165) is 21.9 Å². The quantitative estimate of drug-likeness (QED) is 0.885. The SMILES string of the molecule is CC1CC2CCN1C[C@@H]2NC(=O)c1ccc(-c2cccc(Cl)c2)s1. The van der Waals surface area contributed by atoms with E-state index in [1.807, 2.05) is 36.4 Å². The lowest BCUT2D eigenvalue weighted by Crippen LogP contribution is -2.60. The first-order valence-corrected chi connectivity index (χ1v) is 9.70. The Bertz CT molecular complexity index is 759. The first kappa shape index (κ1) is 16.1. The number of amides is 1. The number of carbonyl (C=O) groups excluding carboxylic acids is 1. The Kier molecular flexibility index (Phi) is 4.37.